The molecule has 0 bridgehead atoms. The van der Waals surface area contributed by atoms with Gasteiger partial charge in [-0.1, -0.05) is 68.0 Å². The highest BCUT2D eigenvalue weighted by Gasteiger charge is 2.40. The van der Waals surface area contributed by atoms with E-state index in [4.69, 9.17) is 4.84 Å². The summed E-state index contributed by atoms with van der Waals surface area (Å²) in [5.41, 5.74) is 3.05. The molecular weight excluding hydrogens is 460 g/mol. The molecule has 0 N–H and O–H groups in total. The van der Waals surface area contributed by atoms with E-state index >= 15 is 0 Å². The summed E-state index contributed by atoms with van der Waals surface area (Å²) >= 11 is 1.15. The van der Waals surface area contributed by atoms with Crippen molar-refractivity contribution in [2.24, 2.45) is 0 Å². The van der Waals surface area contributed by atoms with Gasteiger partial charge in [-0.3, -0.25) is 14.5 Å². The molecule has 0 radical (unpaired) electrons. The Morgan fingerprint density at radius 1 is 0.971 bits per heavy atom. The van der Waals surface area contributed by atoms with Crippen LogP contribution in [0.3, 0.4) is 0 Å². The molecule has 0 saturated heterocycles. The molecule has 6 nitrogen and oxygen atoms in total. The second-order valence-electron chi connectivity index (χ2n) is 10.4. The fourth-order valence-corrected chi connectivity index (χ4v) is 6.52. The summed E-state index contributed by atoms with van der Waals surface area (Å²) in [7, 11) is 0. The van der Waals surface area contributed by atoms with Crippen molar-refractivity contribution in [2.75, 3.05) is 10.7 Å². The standard InChI is InChI=1S/C28H40N2O4S/c1-20-13-15-25-22(19-20)14-16-26(29(25)27(32)17-18-35-21(2)31)28(33)34-30(23-9-5-3-6-10-23)24-11-7-4-8-12-24/h13,15,19,23-24,26H,3-12,14,16-18H2,1-2H3. The van der Waals surface area contributed by atoms with E-state index in [0.29, 0.717) is 12.2 Å². The van der Waals surface area contributed by atoms with Gasteiger partial charge in [-0.25, -0.2) is 4.79 Å². The number of hydrogen-bond acceptors (Lipinski definition) is 6. The fraction of sp³-hybridized carbons (Fsp3) is 0.679. The number of rotatable bonds is 7. The summed E-state index contributed by atoms with van der Waals surface area (Å²) in [4.78, 5) is 46.5. The first-order valence-corrected chi connectivity index (χ1v) is 14.5. The van der Waals surface area contributed by atoms with Gasteiger partial charge in [0, 0.05) is 36.9 Å². The second-order valence-corrected chi connectivity index (χ2v) is 11.7. The van der Waals surface area contributed by atoms with Crippen LogP contribution >= 0.6 is 11.8 Å². The minimum Gasteiger partial charge on any atom is -0.365 e. The van der Waals surface area contributed by atoms with Crippen LogP contribution in [0.2, 0.25) is 0 Å². The van der Waals surface area contributed by atoms with Crippen LogP contribution in [0.5, 0.6) is 0 Å². The number of hydrogen-bond donors (Lipinski definition) is 0. The van der Waals surface area contributed by atoms with Crippen LogP contribution < -0.4 is 4.90 Å². The number of aryl methyl sites for hydroxylation is 2. The van der Waals surface area contributed by atoms with Crippen LogP contribution in [0.4, 0.5) is 5.69 Å². The van der Waals surface area contributed by atoms with Crippen molar-refractivity contribution in [3.8, 4) is 0 Å². The smallest absolute Gasteiger partial charge is 0.348 e. The van der Waals surface area contributed by atoms with Gasteiger partial charge in [-0.2, -0.15) is 0 Å². The topological polar surface area (TPSA) is 66.9 Å². The van der Waals surface area contributed by atoms with Crippen LogP contribution in [0.15, 0.2) is 18.2 Å². The summed E-state index contributed by atoms with van der Waals surface area (Å²) < 4.78 is 0. The Labute approximate surface area is 214 Å². The van der Waals surface area contributed by atoms with E-state index in [1.165, 1.54) is 45.4 Å². The van der Waals surface area contributed by atoms with E-state index in [2.05, 4.69) is 11.1 Å². The molecule has 1 amide bonds. The molecule has 1 atom stereocenters. The highest BCUT2D eigenvalue weighted by molar-refractivity contribution is 8.13. The third kappa shape index (κ3) is 6.67. The molecule has 2 aliphatic carbocycles. The predicted molar refractivity (Wildman–Crippen MR) is 140 cm³/mol. The Morgan fingerprint density at radius 2 is 1.60 bits per heavy atom. The minimum atomic E-state index is -0.630. The number of nitrogens with zero attached hydrogens (tertiary/aromatic N) is 2. The zero-order valence-electron chi connectivity index (χ0n) is 21.3. The summed E-state index contributed by atoms with van der Waals surface area (Å²) in [5.74, 6) is -0.00323. The second kappa shape index (κ2) is 12.4. The molecule has 1 aliphatic heterocycles. The number of amides is 1. The number of thioether (sulfide) groups is 1. The van der Waals surface area contributed by atoms with Crippen molar-refractivity contribution in [2.45, 2.75) is 115 Å². The summed E-state index contributed by atoms with van der Waals surface area (Å²) in [5, 5.41) is 2.05. The predicted octanol–water partition coefficient (Wildman–Crippen LogP) is 5.74. The first-order chi connectivity index (χ1) is 16.9. The third-order valence-electron chi connectivity index (χ3n) is 7.72. The van der Waals surface area contributed by atoms with Crippen molar-refractivity contribution in [1.82, 2.24) is 5.06 Å². The normalized spacial score (nSPS) is 21.6. The van der Waals surface area contributed by atoms with Crippen LogP contribution in [0.1, 0.15) is 95.1 Å². The van der Waals surface area contributed by atoms with Crippen LogP contribution in [0, 0.1) is 6.92 Å². The Kier molecular flexibility index (Phi) is 9.28. The molecular formula is C28H40N2O4S. The average molecular weight is 501 g/mol. The Morgan fingerprint density at radius 3 is 2.20 bits per heavy atom. The number of fused-ring (bicyclic) bond motifs is 1. The average Bonchev–Trinajstić information content (AvgIpc) is 2.87. The first kappa shape index (κ1) is 26.2. The molecule has 1 heterocycles. The Bertz CT molecular complexity index is 890. The van der Waals surface area contributed by atoms with Gasteiger partial charge in [0.15, 0.2) is 5.12 Å². The van der Waals surface area contributed by atoms with Crippen LogP contribution in [-0.2, 0) is 25.6 Å². The summed E-state index contributed by atoms with van der Waals surface area (Å²) in [6.07, 6.45) is 13.0. The van der Waals surface area contributed by atoms with Crippen molar-refractivity contribution in [1.29, 1.82) is 0 Å². The van der Waals surface area contributed by atoms with Gasteiger partial charge in [0.2, 0.25) is 5.91 Å². The lowest BCUT2D eigenvalue weighted by molar-refractivity contribution is -0.224. The summed E-state index contributed by atoms with van der Waals surface area (Å²) in [6.45, 7) is 3.56. The Balaban J connectivity index is 1.55. The molecule has 1 aromatic rings. The third-order valence-corrected chi connectivity index (χ3v) is 8.53. The maximum atomic E-state index is 13.8. The van der Waals surface area contributed by atoms with Crippen molar-refractivity contribution >= 4 is 34.4 Å². The number of benzene rings is 1. The van der Waals surface area contributed by atoms with E-state index in [9.17, 15) is 14.4 Å². The van der Waals surface area contributed by atoms with Gasteiger partial charge >= 0.3 is 5.97 Å². The molecule has 35 heavy (non-hydrogen) atoms. The maximum Gasteiger partial charge on any atom is 0.348 e. The molecule has 0 spiro atoms. The zero-order chi connectivity index (χ0) is 24.8. The van der Waals surface area contributed by atoms with Crippen molar-refractivity contribution in [3.63, 3.8) is 0 Å². The molecule has 0 aromatic heterocycles. The first-order valence-electron chi connectivity index (χ1n) is 13.5. The lowest BCUT2D eigenvalue weighted by Gasteiger charge is -2.42. The fourth-order valence-electron chi connectivity index (χ4n) is 5.96. The highest BCUT2D eigenvalue weighted by Crippen LogP contribution is 2.35. The summed E-state index contributed by atoms with van der Waals surface area (Å²) in [6, 6.07) is 6.00. The van der Waals surface area contributed by atoms with Gasteiger partial charge in [0.25, 0.3) is 0 Å². The molecule has 2 fully saturated rings. The zero-order valence-corrected chi connectivity index (χ0v) is 22.1. The highest BCUT2D eigenvalue weighted by atomic mass is 32.2. The molecule has 2 saturated carbocycles. The van der Waals surface area contributed by atoms with Gasteiger partial charge in [0.05, 0.1) is 0 Å². The van der Waals surface area contributed by atoms with Crippen LogP contribution in [-0.4, -0.2) is 45.9 Å². The SMILES string of the molecule is CC(=O)SCCC(=O)N1c2ccc(C)cc2CCC1C(=O)ON(C1CCCCC1)C1CCCCC1. The number of anilines is 1. The van der Waals surface area contributed by atoms with E-state index in [0.717, 1.165) is 60.7 Å². The number of carbonyl (C=O) groups is 3. The molecule has 1 unspecified atom stereocenters. The van der Waals surface area contributed by atoms with E-state index < -0.39 is 6.04 Å². The van der Waals surface area contributed by atoms with Gasteiger partial charge in [0.1, 0.15) is 6.04 Å². The van der Waals surface area contributed by atoms with Crippen molar-refractivity contribution < 1.29 is 19.2 Å². The van der Waals surface area contributed by atoms with E-state index in [1.807, 2.05) is 19.1 Å². The molecule has 3 aliphatic rings. The van der Waals surface area contributed by atoms with Crippen LogP contribution in [0.25, 0.3) is 0 Å². The van der Waals surface area contributed by atoms with Gasteiger partial charge in [-0.15, -0.1) is 5.06 Å². The largest absolute Gasteiger partial charge is 0.365 e. The molecule has 4 rings (SSSR count). The number of hydroxylamine groups is 2. The molecule has 192 valence electrons. The monoisotopic (exact) mass is 500 g/mol. The lowest BCUT2D eigenvalue weighted by atomic mass is 9.90. The number of carbonyl (C=O) groups excluding carboxylic acids is 3. The van der Waals surface area contributed by atoms with E-state index in [-0.39, 0.29) is 35.5 Å². The minimum absolute atomic E-state index is 0.000894. The molecule has 1 aromatic carbocycles. The van der Waals surface area contributed by atoms with E-state index in [1.54, 1.807) is 4.90 Å². The van der Waals surface area contributed by atoms with Gasteiger partial charge < -0.3 is 4.84 Å². The van der Waals surface area contributed by atoms with Gasteiger partial charge in [-0.05, 0) is 57.1 Å². The lowest BCUT2D eigenvalue weighted by Crippen LogP contribution is -2.53. The molecule has 7 heteroatoms. The van der Waals surface area contributed by atoms with Crippen molar-refractivity contribution in [3.05, 3.63) is 29.3 Å². The maximum absolute atomic E-state index is 13.8. The Hall–Kier alpha value is -1.86. The quantitative estimate of drug-likeness (QED) is 0.445.